The van der Waals surface area contributed by atoms with Crippen molar-refractivity contribution < 1.29 is 34.0 Å². The fourth-order valence-corrected chi connectivity index (χ4v) is 2.41. The zero-order valence-electron chi connectivity index (χ0n) is 14.2. The lowest BCUT2D eigenvalue weighted by molar-refractivity contribution is -0.163. The molecule has 0 bridgehead atoms. The largest absolute Gasteiger partial charge is 0.504 e. The zero-order chi connectivity index (χ0) is 18.4. The highest BCUT2D eigenvalue weighted by Gasteiger charge is 2.47. The van der Waals surface area contributed by atoms with E-state index in [1.54, 1.807) is 13.4 Å². The zero-order valence-corrected chi connectivity index (χ0v) is 14.2. The molecule has 0 aliphatic carbocycles. The van der Waals surface area contributed by atoms with Gasteiger partial charge in [-0.05, 0) is 23.6 Å². The van der Waals surface area contributed by atoms with Gasteiger partial charge in [-0.25, -0.2) is 0 Å². The summed E-state index contributed by atoms with van der Waals surface area (Å²) in [4.78, 5) is 21.3. The summed E-state index contributed by atoms with van der Waals surface area (Å²) in [6.45, 7) is 3.19. The van der Waals surface area contributed by atoms with Crippen LogP contribution in [0.15, 0.2) is 30.5 Å². The van der Waals surface area contributed by atoms with Crippen molar-refractivity contribution in [2.45, 2.75) is 12.3 Å². The minimum Gasteiger partial charge on any atom is -0.504 e. The molecular formula is C18H22O7. The maximum absolute atomic E-state index is 11.4. The average molecular weight is 350 g/mol. The number of carboxylic acid groups (broad SMARTS) is 2. The van der Waals surface area contributed by atoms with Gasteiger partial charge in [-0.3, -0.25) is 9.59 Å². The van der Waals surface area contributed by atoms with Gasteiger partial charge in [0.05, 0.1) is 39.8 Å². The molecule has 136 valence electrons. The molecule has 2 N–H and O–H groups in total. The molecule has 0 unspecified atom stereocenters. The summed E-state index contributed by atoms with van der Waals surface area (Å²) in [5, 5.41) is 17.5. The Morgan fingerprint density at radius 1 is 1.24 bits per heavy atom. The molecule has 0 saturated carbocycles. The average Bonchev–Trinajstić information content (AvgIpc) is 2.44. The Morgan fingerprint density at radius 3 is 2.28 bits per heavy atom. The maximum Gasteiger partial charge on any atom is 0.318 e. The molecule has 25 heavy (non-hydrogen) atoms. The first-order valence-corrected chi connectivity index (χ1v) is 7.83. The fourth-order valence-electron chi connectivity index (χ4n) is 2.41. The van der Waals surface area contributed by atoms with Crippen molar-refractivity contribution in [3.05, 3.63) is 41.7 Å². The lowest BCUT2D eigenvalue weighted by Crippen LogP contribution is -2.53. The summed E-state index contributed by atoms with van der Waals surface area (Å²) in [7, 11) is 1.59. The first kappa shape index (κ1) is 19.0. The number of allylic oxidation sites excluding steroid dienone is 1. The number of carbonyl (C=O) groups is 2. The van der Waals surface area contributed by atoms with Gasteiger partial charge >= 0.3 is 11.9 Å². The van der Waals surface area contributed by atoms with E-state index in [4.69, 9.17) is 14.6 Å². The predicted molar refractivity (Wildman–Crippen MR) is 89.2 cm³/mol. The molecular weight excluding hydrogens is 328 g/mol. The van der Waals surface area contributed by atoms with Crippen LogP contribution in [0.4, 0.5) is 0 Å². The molecule has 0 spiro atoms. The first-order chi connectivity index (χ1) is 11.9. The van der Waals surface area contributed by atoms with Gasteiger partial charge in [0.1, 0.15) is 11.3 Å². The number of hydrogen-bond acceptors (Lipinski definition) is 5. The lowest BCUT2D eigenvalue weighted by Gasteiger charge is -2.37. The topological polar surface area (TPSA) is 102 Å². The van der Waals surface area contributed by atoms with Gasteiger partial charge in [0.2, 0.25) is 0 Å². The van der Waals surface area contributed by atoms with Gasteiger partial charge in [0.15, 0.2) is 0 Å². The standard InChI is InChI=1S/C14H16O4.C4H6O3/c1-10(7-17-2)11-4-3-5-12(6-11)14(13(15)16)8-18-9-14;5-4(6)3-1-7-2-3/h3-7H,8-9H2,1-2H3,(H,15,16);3H,1-2H2,(H,5,6). The molecule has 0 aromatic heterocycles. The molecule has 0 radical (unpaired) electrons. The van der Waals surface area contributed by atoms with E-state index in [9.17, 15) is 14.7 Å². The van der Waals surface area contributed by atoms with Crippen LogP contribution in [-0.2, 0) is 29.2 Å². The first-order valence-electron chi connectivity index (χ1n) is 7.83. The number of methoxy groups -OCH3 is 1. The van der Waals surface area contributed by atoms with Gasteiger partial charge in [0, 0.05) is 0 Å². The smallest absolute Gasteiger partial charge is 0.318 e. The van der Waals surface area contributed by atoms with Crippen molar-refractivity contribution in [1.29, 1.82) is 0 Å². The van der Waals surface area contributed by atoms with Crippen molar-refractivity contribution >= 4 is 17.5 Å². The summed E-state index contributed by atoms with van der Waals surface area (Å²) < 4.78 is 14.7. The van der Waals surface area contributed by atoms with Crippen LogP contribution >= 0.6 is 0 Å². The summed E-state index contributed by atoms with van der Waals surface area (Å²) in [5.41, 5.74) is 1.81. The quantitative estimate of drug-likeness (QED) is 0.780. The van der Waals surface area contributed by atoms with E-state index >= 15 is 0 Å². The van der Waals surface area contributed by atoms with Gasteiger partial charge in [-0.1, -0.05) is 24.3 Å². The molecule has 2 heterocycles. The van der Waals surface area contributed by atoms with Crippen molar-refractivity contribution in [3.8, 4) is 0 Å². The third-order valence-electron chi connectivity index (χ3n) is 4.26. The van der Waals surface area contributed by atoms with Gasteiger partial charge in [0.25, 0.3) is 0 Å². The van der Waals surface area contributed by atoms with Crippen molar-refractivity contribution in [2.75, 3.05) is 33.5 Å². The van der Waals surface area contributed by atoms with E-state index in [2.05, 4.69) is 4.74 Å². The molecule has 7 heteroatoms. The molecule has 1 aromatic rings. The molecule has 2 aliphatic rings. The molecule has 0 atom stereocenters. The van der Waals surface area contributed by atoms with Crippen molar-refractivity contribution in [1.82, 2.24) is 0 Å². The molecule has 3 rings (SSSR count). The second kappa shape index (κ2) is 8.13. The number of rotatable bonds is 5. The minimum absolute atomic E-state index is 0.222. The highest BCUT2D eigenvalue weighted by molar-refractivity contribution is 5.83. The highest BCUT2D eigenvalue weighted by Crippen LogP contribution is 2.34. The van der Waals surface area contributed by atoms with E-state index < -0.39 is 17.4 Å². The number of carboxylic acids is 2. The van der Waals surface area contributed by atoms with Crippen molar-refractivity contribution in [2.24, 2.45) is 5.92 Å². The van der Waals surface area contributed by atoms with Crippen LogP contribution in [0, 0.1) is 5.92 Å². The monoisotopic (exact) mass is 350 g/mol. The van der Waals surface area contributed by atoms with Crippen LogP contribution in [0.5, 0.6) is 0 Å². The summed E-state index contributed by atoms with van der Waals surface area (Å²) in [6, 6.07) is 7.52. The van der Waals surface area contributed by atoms with E-state index in [-0.39, 0.29) is 19.1 Å². The van der Waals surface area contributed by atoms with Gasteiger partial charge in [-0.2, -0.15) is 0 Å². The van der Waals surface area contributed by atoms with E-state index in [1.165, 1.54) is 0 Å². The molecule has 7 nitrogen and oxygen atoms in total. The molecule has 2 fully saturated rings. The summed E-state index contributed by atoms with van der Waals surface area (Å²) in [5.74, 6) is -1.80. The number of benzene rings is 1. The molecule has 2 saturated heterocycles. The number of aliphatic carboxylic acids is 2. The molecule has 0 amide bonds. The Kier molecular flexibility index (Phi) is 6.17. The Balaban J connectivity index is 0.000000269. The highest BCUT2D eigenvalue weighted by atomic mass is 16.5. The minimum atomic E-state index is -0.886. The van der Waals surface area contributed by atoms with Crippen LogP contribution in [0.25, 0.3) is 5.57 Å². The SMILES string of the molecule is COC=C(C)c1cccc(C2(C(=O)O)COC2)c1.O=C(O)C1COC1. The summed E-state index contributed by atoms with van der Waals surface area (Å²) >= 11 is 0. The number of ether oxygens (including phenoxy) is 3. The Labute approximate surface area is 145 Å². The Morgan fingerprint density at radius 2 is 1.92 bits per heavy atom. The van der Waals surface area contributed by atoms with Crippen LogP contribution in [-0.4, -0.2) is 55.7 Å². The van der Waals surface area contributed by atoms with Crippen LogP contribution in [0.1, 0.15) is 18.1 Å². The molecule has 1 aromatic carbocycles. The second-order valence-electron chi connectivity index (χ2n) is 6.07. The van der Waals surface area contributed by atoms with Crippen LogP contribution in [0.2, 0.25) is 0 Å². The van der Waals surface area contributed by atoms with Gasteiger partial charge < -0.3 is 24.4 Å². The lowest BCUT2D eigenvalue weighted by atomic mass is 9.78. The number of hydrogen-bond donors (Lipinski definition) is 2. The Bertz CT molecular complexity index is 657. The van der Waals surface area contributed by atoms with Crippen LogP contribution in [0.3, 0.4) is 0 Å². The van der Waals surface area contributed by atoms with Crippen LogP contribution < -0.4 is 0 Å². The van der Waals surface area contributed by atoms with E-state index in [0.717, 1.165) is 16.7 Å². The third kappa shape index (κ3) is 4.18. The normalized spacial score (nSPS) is 18.9. The third-order valence-corrected chi connectivity index (χ3v) is 4.26. The summed E-state index contributed by atoms with van der Waals surface area (Å²) in [6.07, 6.45) is 1.64. The maximum atomic E-state index is 11.4. The second-order valence-corrected chi connectivity index (χ2v) is 6.07. The predicted octanol–water partition coefficient (Wildman–Crippen LogP) is 1.76. The van der Waals surface area contributed by atoms with Gasteiger partial charge in [-0.15, -0.1) is 0 Å². The van der Waals surface area contributed by atoms with Crippen molar-refractivity contribution in [3.63, 3.8) is 0 Å². The molecule has 2 aliphatic heterocycles. The van der Waals surface area contributed by atoms with E-state index in [0.29, 0.717) is 13.2 Å². The fraction of sp³-hybridized carbons (Fsp3) is 0.444. The van der Waals surface area contributed by atoms with E-state index in [1.807, 2.05) is 31.2 Å². The Hall–Kier alpha value is -2.38.